The monoisotopic (exact) mass is 438 g/mol. The zero-order chi connectivity index (χ0) is 20.7. The minimum Gasteiger partial charge on any atom is -0.348 e. The van der Waals surface area contributed by atoms with Gasteiger partial charge in [-0.1, -0.05) is 53.0 Å². The maximum atomic E-state index is 12.8. The zero-order valence-corrected chi connectivity index (χ0v) is 18.4. The molecule has 0 radical (unpaired) electrons. The molecule has 0 saturated heterocycles. The Hall–Kier alpha value is -1.69. The van der Waals surface area contributed by atoms with Crippen molar-refractivity contribution in [2.24, 2.45) is 0 Å². The van der Waals surface area contributed by atoms with Crippen LogP contribution in [0.15, 0.2) is 42.5 Å². The van der Waals surface area contributed by atoms with Crippen LogP contribution in [0.25, 0.3) is 0 Å². The topological polar surface area (TPSA) is 58.2 Å². The third kappa shape index (κ3) is 6.43. The molecule has 0 fully saturated rings. The van der Waals surface area contributed by atoms with E-state index in [9.17, 15) is 9.59 Å². The highest BCUT2D eigenvalue weighted by Gasteiger charge is 2.23. The Morgan fingerprint density at radius 1 is 1.07 bits per heavy atom. The van der Waals surface area contributed by atoms with Crippen molar-refractivity contribution in [3.63, 3.8) is 0 Å². The van der Waals surface area contributed by atoms with Gasteiger partial charge in [-0.3, -0.25) is 9.59 Å². The number of hydrogen-bond acceptors (Lipinski definition) is 3. The van der Waals surface area contributed by atoms with Crippen LogP contribution < -0.4 is 10.6 Å². The van der Waals surface area contributed by atoms with Crippen molar-refractivity contribution < 1.29 is 9.59 Å². The molecule has 0 spiro atoms. The fourth-order valence-corrected chi connectivity index (χ4v) is 3.63. The standard InChI is InChI=1S/C21H24Cl2N2O2S/c1-13-4-6-15(7-5-13)14(2)24-21(27)19(10-11-28-3)25-20(26)17-9-8-16(22)12-18(17)23/h4-9,12,14,19H,10-11H2,1-3H3,(H,24,27)(H,25,26). The Balaban J connectivity index is 2.09. The summed E-state index contributed by atoms with van der Waals surface area (Å²) in [5.74, 6) is 0.123. The first kappa shape index (κ1) is 22.6. The van der Waals surface area contributed by atoms with Crippen LogP contribution in [0.2, 0.25) is 10.0 Å². The summed E-state index contributed by atoms with van der Waals surface area (Å²) in [6.07, 6.45) is 2.48. The normalized spacial score (nSPS) is 12.9. The van der Waals surface area contributed by atoms with Crippen molar-refractivity contribution in [2.75, 3.05) is 12.0 Å². The first-order valence-electron chi connectivity index (χ1n) is 8.93. The van der Waals surface area contributed by atoms with Gasteiger partial charge >= 0.3 is 0 Å². The molecule has 0 heterocycles. The minimum absolute atomic E-state index is 0.166. The summed E-state index contributed by atoms with van der Waals surface area (Å²) in [5, 5.41) is 6.49. The largest absolute Gasteiger partial charge is 0.348 e. The Morgan fingerprint density at radius 3 is 2.36 bits per heavy atom. The first-order chi connectivity index (χ1) is 13.3. The molecule has 0 aliphatic carbocycles. The van der Waals surface area contributed by atoms with Gasteiger partial charge in [0, 0.05) is 5.02 Å². The number of rotatable bonds is 8. The van der Waals surface area contributed by atoms with Gasteiger partial charge in [-0.25, -0.2) is 0 Å². The van der Waals surface area contributed by atoms with E-state index in [1.54, 1.807) is 23.9 Å². The van der Waals surface area contributed by atoms with Crippen molar-refractivity contribution in [2.45, 2.75) is 32.4 Å². The average molecular weight is 439 g/mol. The van der Waals surface area contributed by atoms with Gasteiger partial charge in [0.2, 0.25) is 5.91 Å². The van der Waals surface area contributed by atoms with Gasteiger partial charge in [-0.2, -0.15) is 11.8 Å². The quantitative estimate of drug-likeness (QED) is 0.607. The first-order valence-corrected chi connectivity index (χ1v) is 11.1. The molecule has 2 rings (SSSR count). The lowest BCUT2D eigenvalue weighted by Gasteiger charge is -2.22. The van der Waals surface area contributed by atoms with E-state index in [1.165, 1.54) is 6.07 Å². The number of hydrogen-bond donors (Lipinski definition) is 2. The van der Waals surface area contributed by atoms with Crippen LogP contribution in [0.5, 0.6) is 0 Å². The SMILES string of the molecule is CSCCC(NC(=O)c1ccc(Cl)cc1Cl)C(=O)NC(C)c1ccc(C)cc1. The summed E-state index contributed by atoms with van der Waals surface area (Å²) in [6, 6.07) is 11.8. The Bertz CT molecular complexity index is 828. The summed E-state index contributed by atoms with van der Waals surface area (Å²) in [6.45, 7) is 3.94. The highest BCUT2D eigenvalue weighted by molar-refractivity contribution is 7.98. The summed E-state index contributed by atoms with van der Waals surface area (Å²) in [5.41, 5.74) is 2.46. The van der Waals surface area contributed by atoms with Crippen molar-refractivity contribution in [1.29, 1.82) is 0 Å². The van der Waals surface area contributed by atoms with Gasteiger partial charge in [-0.05, 0) is 56.0 Å². The Morgan fingerprint density at radius 2 is 1.75 bits per heavy atom. The van der Waals surface area contributed by atoms with Gasteiger partial charge in [0.25, 0.3) is 5.91 Å². The van der Waals surface area contributed by atoms with E-state index in [2.05, 4.69) is 10.6 Å². The number of nitrogens with one attached hydrogen (secondary N) is 2. The predicted molar refractivity (Wildman–Crippen MR) is 118 cm³/mol. The molecule has 0 saturated carbocycles. The molecule has 2 aromatic rings. The van der Waals surface area contributed by atoms with Gasteiger partial charge in [0.1, 0.15) is 6.04 Å². The van der Waals surface area contributed by atoms with E-state index in [-0.39, 0.29) is 17.0 Å². The second kappa shape index (κ2) is 10.7. The smallest absolute Gasteiger partial charge is 0.253 e. The fraction of sp³-hybridized carbons (Fsp3) is 0.333. The molecule has 7 heteroatoms. The third-order valence-corrected chi connectivity index (χ3v) is 5.54. The van der Waals surface area contributed by atoms with E-state index in [0.29, 0.717) is 17.0 Å². The number of carbonyl (C=O) groups is 2. The van der Waals surface area contributed by atoms with Crippen LogP contribution in [0.3, 0.4) is 0 Å². The number of aryl methyl sites for hydroxylation is 1. The Labute approximate surface area is 180 Å². The molecule has 0 aliphatic rings. The van der Waals surface area contributed by atoms with Crippen LogP contribution in [0, 0.1) is 6.92 Å². The lowest BCUT2D eigenvalue weighted by molar-refractivity contribution is -0.123. The van der Waals surface area contributed by atoms with Crippen LogP contribution in [0.1, 0.15) is 40.9 Å². The van der Waals surface area contributed by atoms with Gasteiger partial charge < -0.3 is 10.6 Å². The molecule has 2 atom stereocenters. The van der Waals surface area contributed by atoms with Crippen LogP contribution in [-0.4, -0.2) is 29.9 Å². The molecule has 2 N–H and O–H groups in total. The molecule has 2 unspecified atom stereocenters. The van der Waals surface area contributed by atoms with Crippen LogP contribution >= 0.6 is 35.0 Å². The van der Waals surface area contributed by atoms with E-state index in [0.717, 1.165) is 16.9 Å². The maximum Gasteiger partial charge on any atom is 0.253 e. The number of halogens is 2. The van der Waals surface area contributed by atoms with Crippen molar-refractivity contribution >= 4 is 46.8 Å². The number of thioether (sulfide) groups is 1. The molecule has 2 aromatic carbocycles. The lowest BCUT2D eigenvalue weighted by Crippen LogP contribution is -2.47. The van der Waals surface area contributed by atoms with Gasteiger partial charge in [0.15, 0.2) is 0 Å². The zero-order valence-electron chi connectivity index (χ0n) is 16.1. The molecular formula is C21H24Cl2N2O2S. The second-order valence-electron chi connectivity index (χ2n) is 6.57. The summed E-state index contributed by atoms with van der Waals surface area (Å²) >= 11 is 13.6. The maximum absolute atomic E-state index is 12.8. The Kier molecular flexibility index (Phi) is 8.67. The fourth-order valence-electron chi connectivity index (χ4n) is 2.67. The minimum atomic E-state index is -0.653. The summed E-state index contributed by atoms with van der Waals surface area (Å²) in [4.78, 5) is 25.4. The summed E-state index contributed by atoms with van der Waals surface area (Å²) in [7, 11) is 0. The third-order valence-electron chi connectivity index (χ3n) is 4.34. The summed E-state index contributed by atoms with van der Waals surface area (Å²) < 4.78 is 0. The lowest BCUT2D eigenvalue weighted by atomic mass is 10.1. The second-order valence-corrected chi connectivity index (χ2v) is 8.40. The van der Waals surface area contributed by atoms with Gasteiger partial charge in [-0.15, -0.1) is 0 Å². The van der Waals surface area contributed by atoms with E-state index in [1.807, 2.05) is 44.4 Å². The molecule has 28 heavy (non-hydrogen) atoms. The van der Waals surface area contributed by atoms with Crippen LogP contribution in [0.4, 0.5) is 0 Å². The number of carbonyl (C=O) groups excluding carboxylic acids is 2. The molecule has 4 nitrogen and oxygen atoms in total. The van der Waals surface area contributed by atoms with Gasteiger partial charge in [0.05, 0.1) is 16.6 Å². The highest BCUT2D eigenvalue weighted by atomic mass is 35.5. The molecular weight excluding hydrogens is 415 g/mol. The number of amides is 2. The molecule has 2 amide bonds. The molecule has 0 aliphatic heterocycles. The van der Waals surface area contributed by atoms with E-state index >= 15 is 0 Å². The van der Waals surface area contributed by atoms with Crippen LogP contribution in [-0.2, 0) is 4.79 Å². The molecule has 150 valence electrons. The van der Waals surface area contributed by atoms with Crippen molar-refractivity contribution in [3.8, 4) is 0 Å². The van der Waals surface area contributed by atoms with E-state index in [4.69, 9.17) is 23.2 Å². The van der Waals surface area contributed by atoms with Crippen molar-refractivity contribution in [3.05, 3.63) is 69.2 Å². The number of benzene rings is 2. The molecule has 0 aromatic heterocycles. The van der Waals surface area contributed by atoms with Crippen molar-refractivity contribution in [1.82, 2.24) is 10.6 Å². The predicted octanol–water partition coefficient (Wildman–Crippen LogP) is 5.03. The average Bonchev–Trinajstić information content (AvgIpc) is 2.65. The highest BCUT2D eigenvalue weighted by Crippen LogP contribution is 2.21. The molecule has 0 bridgehead atoms. The van der Waals surface area contributed by atoms with E-state index < -0.39 is 11.9 Å².